The van der Waals surface area contributed by atoms with E-state index in [9.17, 15) is 18.3 Å². The van der Waals surface area contributed by atoms with Crippen LogP contribution in [0.4, 0.5) is 13.2 Å². The van der Waals surface area contributed by atoms with Crippen LogP contribution in [0.2, 0.25) is 0 Å². The van der Waals surface area contributed by atoms with Crippen molar-refractivity contribution in [3.63, 3.8) is 0 Å². The second-order valence-corrected chi connectivity index (χ2v) is 4.02. The number of thioether (sulfide) groups is 1. The van der Waals surface area contributed by atoms with Gasteiger partial charge in [-0.25, -0.2) is 0 Å². The number of aliphatic hydroxyl groups is 1. The Balaban J connectivity index is 2.12. The fraction of sp³-hybridized carbons (Fsp3) is 1.00. The predicted molar refractivity (Wildman–Crippen MR) is 43.4 cm³/mol. The van der Waals surface area contributed by atoms with Crippen molar-refractivity contribution in [1.82, 2.24) is 0 Å². The molecule has 0 bridgehead atoms. The van der Waals surface area contributed by atoms with E-state index < -0.39 is 12.5 Å². The van der Waals surface area contributed by atoms with E-state index in [1.165, 1.54) is 0 Å². The summed E-state index contributed by atoms with van der Waals surface area (Å²) in [6, 6.07) is 0. The van der Waals surface area contributed by atoms with Crippen molar-refractivity contribution in [2.24, 2.45) is 5.92 Å². The molecule has 13 heavy (non-hydrogen) atoms. The van der Waals surface area contributed by atoms with Gasteiger partial charge in [-0.05, 0) is 18.1 Å². The highest BCUT2D eigenvalue weighted by Gasteiger charge is 2.31. The molecule has 2 unspecified atom stereocenters. The molecule has 0 aromatic rings. The molecule has 2 atom stereocenters. The Morgan fingerprint density at radius 1 is 1.38 bits per heavy atom. The molecule has 1 rings (SSSR count). The van der Waals surface area contributed by atoms with Crippen molar-refractivity contribution in [3.05, 3.63) is 0 Å². The Kier molecular flexibility index (Phi) is 3.87. The third-order valence-electron chi connectivity index (χ3n) is 1.92. The zero-order valence-corrected chi connectivity index (χ0v) is 7.70. The van der Waals surface area contributed by atoms with E-state index in [2.05, 4.69) is 4.74 Å². The van der Waals surface area contributed by atoms with Crippen LogP contribution in [0, 0.1) is 5.92 Å². The predicted octanol–water partition coefficient (Wildman–Crippen LogP) is 1.64. The molecule has 78 valence electrons. The number of ether oxygens (including phenoxy) is 1. The van der Waals surface area contributed by atoms with Crippen LogP contribution in [-0.4, -0.2) is 35.7 Å². The maximum atomic E-state index is 11.5. The monoisotopic (exact) mass is 216 g/mol. The highest BCUT2D eigenvalue weighted by atomic mass is 32.2. The quantitative estimate of drug-likeness (QED) is 0.777. The number of rotatable bonds is 3. The van der Waals surface area contributed by atoms with Gasteiger partial charge < -0.3 is 5.11 Å². The van der Waals surface area contributed by atoms with Gasteiger partial charge in [-0.15, -0.1) is 13.2 Å². The number of halogens is 3. The molecule has 1 N–H and O–H groups in total. The molecule has 0 radical (unpaired) electrons. The minimum absolute atomic E-state index is 0.0488. The lowest BCUT2D eigenvalue weighted by molar-refractivity contribution is -0.325. The van der Waals surface area contributed by atoms with Gasteiger partial charge in [0, 0.05) is 5.75 Å². The molecule has 1 saturated heterocycles. The maximum Gasteiger partial charge on any atom is 0.522 e. The van der Waals surface area contributed by atoms with Crippen molar-refractivity contribution < 1.29 is 23.0 Å². The number of aliphatic hydroxyl groups excluding tert-OH is 1. The molecule has 0 amide bonds. The van der Waals surface area contributed by atoms with Gasteiger partial charge in [0.1, 0.15) is 0 Å². The summed E-state index contributed by atoms with van der Waals surface area (Å²) in [5, 5.41) is 9.26. The second kappa shape index (κ2) is 4.52. The van der Waals surface area contributed by atoms with E-state index in [1.54, 1.807) is 11.8 Å². The lowest BCUT2D eigenvalue weighted by atomic mass is 10.0. The van der Waals surface area contributed by atoms with Crippen LogP contribution in [0.5, 0.6) is 0 Å². The van der Waals surface area contributed by atoms with Crippen molar-refractivity contribution in [2.45, 2.75) is 18.9 Å². The summed E-state index contributed by atoms with van der Waals surface area (Å²) in [4.78, 5) is 0. The van der Waals surface area contributed by atoms with Crippen LogP contribution in [0.15, 0.2) is 0 Å². The molecular weight excluding hydrogens is 205 g/mol. The SMILES string of the molecule is OC1CSCC1CCOC(F)(F)F. The molecule has 6 heteroatoms. The van der Waals surface area contributed by atoms with Crippen LogP contribution in [0.3, 0.4) is 0 Å². The molecule has 0 saturated carbocycles. The standard InChI is InChI=1S/C7H11F3O2S/c8-7(9,10)12-2-1-5-3-13-4-6(5)11/h5-6,11H,1-4H2. The smallest absolute Gasteiger partial charge is 0.392 e. The van der Waals surface area contributed by atoms with Crippen LogP contribution >= 0.6 is 11.8 Å². The lowest BCUT2D eigenvalue weighted by Gasteiger charge is -2.13. The van der Waals surface area contributed by atoms with E-state index in [0.29, 0.717) is 5.75 Å². The number of alkyl halides is 3. The molecule has 0 aromatic carbocycles. The summed E-state index contributed by atoms with van der Waals surface area (Å²) in [6.45, 7) is -0.355. The van der Waals surface area contributed by atoms with Gasteiger partial charge in [-0.3, -0.25) is 4.74 Å². The highest BCUT2D eigenvalue weighted by Crippen LogP contribution is 2.27. The van der Waals surface area contributed by atoms with E-state index in [4.69, 9.17) is 0 Å². The van der Waals surface area contributed by atoms with Gasteiger partial charge in [-0.1, -0.05) is 0 Å². The summed E-state index contributed by atoms with van der Waals surface area (Å²) in [7, 11) is 0. The topological polar surface area (TPSA) is 29.5 Å². The molecule has 2 nitrogen and oxygen atoms in total. The molecule has 1 aliphatic rings. The van der Waals surface area contributed by atoms with Crippen LogP contribution in [0.1, 0.15) is 6.42 Å². The fourth-order valence-electron chi connectivity index (χ4n) is 1.19. The summed E-state index contributed by atoms with van der Waals surface area (Å²) in [5.41, 5.74) is 0. The highest BCUT2D eigenvalue weighted by molar-refractivity contribution is 7.99. The molecule has 0 aliphatic carbocycles. The first kappa shape index (κ1) is 11.1. The molecule has 0 spiro atoms. The van der Waals surface area contributed by atoms with Crippen LogP contribution in [0.25, 0.3) is 0 Å². The average Bonchev–Trinajstić information content (AvgIpc) is 2.34. The Morgan fingerprint density at radius 3 is 2.54 bits per heavy atom. The van der Waals surface area contributed by atoms with Crippen molar-refractivity contribution in [3.8, 4) is 0 Å². The average molecular weight is 216 g/mol. The summed E-state index contributed by atoms with van der Waals surface area (Å²) >= 11 is 1.56. The Labute approximate surface area is 78.5 Å². The zero-order valence-electron chi connectivity index (χ0n) is 6.88. The third kappa shape index (κ3) is 4.19. The summed E-state index contributed by atoms with van der Waals surface area (Å²) < 4.78 is 38.2. The molecule has 1 fully saturated rings. The van der Waals surface area contributed by atoms with E-state index in [1.807, 2.05) is 0 Å². The first-order valence-electron chi connectivity index (χ1n) is 3.95. The summed E-state index contributed by atoms with van der Waals surface area (Å²) in [5.74, 6) is 1.30. The fourth-order valence-corrected chi connectivity index (χ4v) is 2.53. The van der Waals surface area contributed by atoms with Gasteiger partial charge in [0.2, 0.25) is 0 Å². The Hall–Kier alpha value is 0.0600. The second-order valence-electron chi connectivity index (χ2n) is 2.95. The van der Waals surface area contributed by atoms with Gasteiger partial charge in [0.25, 0.3) is 0 Å². The van der Waals surface area contributed by atoms with Crippen molar-refractivity contribution in [2.75, 3.05) is 18.1 Å². The van der Waals surface area contributed by atoms with Gasteiger partial charge in [0.15, 0.2) is 0 Å². The van der Waals surface area contributed by atoms with Crippen LogP contribution < -0.4 is 0 Å². The normalized spacial score (nSPS) is 29.5. The van der Waals surface area contributed by atoms with Crippen molar-refractivity contribution in [1.29, 1.82) is 0 Å². The minimum atomic E-state index is -4.54. The van der Waals surface area contributed by atoms with Crippen LogP contribution in [-0.2, 0) is 4.74 Å². The minimum Gasteiger partial charge on any atom is -0.392 e. The number of hydrogen-bond acceptors (Lipinski definition) is 3. The van der Waals surface area contributed by atoms with Gasteiger partial charge in [0.05, 0.1) is 12.7 Å². The first-order chi connectivity index (χ1) is 5.99. The van der Waals surface area contributed by atoms with Crippen molar-refractivity contribution >= 4 is 11.8 Å². The molecule has 1 heterocycles. The summed E-state index contributed by atoms with van der Waals surface area (Å²) in [6.07, 6.45) is -4.74. The lowest BCUT2D eigenvalue weighted by Crippen LogP contribution is -2.22. The third-order valence-corrected chi connectivity index (χ3v) is 3.16. The zero-order chi connectivity index (χ0) is 9.90. The first-order valence-corrected chi connectivity index (χ1v) is 5.11. The van der Waals surface area contributed by atoms with E-state index in [0.717, 1.165) is 5.75 Å². The molecule has 0 aromatic heterocycles. The maximum absolute atomic E-state index is 11.5. The van der Waals surface area contributed by atoms with E-state index in [-0.39, 0.29) is 18.9 Å². The number of hydrogen-bond donors (Lipinski definition) is 1. The molecule has 1 aliphatic heterocycles. The Morgan fingerprint density at radius 2 is 2.08 bits per heavy atom. The Bertz CT molecular complexity index is 162. The largest absolute Gasteiger partial charge is 0.522 e. The molecular formula is C7H11F3O2S. The van der Waals surface area contributed by atoms with Gasteiger partial charge in [-0.2, -0.15) is 11.8 Å². The van der Waals surface area contributed by atoms with Gasteiger partial charge >= 0.3 is 6.36 Å². The van der Waals surface area contributed by atoms with E-state index >= 15 is 0 Å².